The molecule has 1 aromatic carbocycles. The number of methoxy groups -OCH3 is 1. The van der Waals surface area contributed by atoms with E-state index in [1.165, 1.54) is 13.3 Å². The van der Waals surface area contributed by atoms with Crippen LogP contribution in [0, 0.1) is 0 Å². The molecule has 8 nitrogen and oxygen atoms in total. The van der Waals surface area contributed by atoms with Crippen molar-refractivity contribution in [3.05, 3.63) is 34.3 Å². The summed E-state index contributed by atoms with van der Waals surface area (Å²) in [5.41, 5.74) is 9.46. The molecule has 2 heterocycles. The molecule has 0 N–H and O–H groups in total. The van der Waals surface area contributed by atoms with Gasteiger partial charge in [-0.25, -0.2) is 4.79 Å². The van der Waals surface area contributed by atoms with E-state index >= 15 is 0 Å². The number of esters is 1. The van der Waals surface area contributed by atoms with Crippen molar-refractivity contribution in [1.82, 2.24) is 4.98 Å². The summed E-state index contributed by atoms with van der Waals surface area (Å²) in [5.74, 6) is 0.442. The van der Waals surface area contributed by atoms with Crippen LogP contribution in [0.25, 0.3) is 21.3 Å². The lowest BCUT2D eigenvalue weighted by Gasteiger charge is -2.07. The van der Waals surface area contributed by atoms with E-state index in [0.29, 0.717) is 22.4 Å². The molecule has 0 aliphatic carbocycles. The summed E-state index contributed by atoms with van der Waals surface area (Å²) in [6, 6.07) is 3.29. The Bertz CT molecular complexity index is 768. The number of fused-ring (bicyclic) bond motifs is 2. The molecule has 0 saturated carbocycles. The van der Waals surface area contributed by atoms with Crippen LogP contribution in [0.3, 0.4) is 0 Å². The molecule has 0 fully saturated rings. The number of pyridine rings is 1. The Morgan fingerprint density at radius 1 is 1.45 bits per heavy atom. The minimum atomic E-state index is -0.625. The number of hydrogen-bond donors (Lipinski definition) is 0. The van der Waals surface area contributed by atoms with Gasteiger partial charge in [0, 0.05) is 22.6 Å². The second-order valence-corrected chi connectivity index (χ2v) is 3.92. The molecule has 0 unspecified atom stereocenters. The Morgan fingerprint density at radius 2 is 2.20 bits per heavy atom. The summed E-state index contributed by atoms with van der Waals surface area (Å²) in [5, 5.41) is 4.07. The van der Waals surface area contributed by atoms with Gasteiger partial charge in [0.05, 0.1) is 23.9 Å². The largest absolute Gasteiger partial charge is 0.465 e. The molecule has 1 aliphatic heterocycles. The molecular formula is C12H8N4O4. The van der Waals surface area contributed by atoms with Crippen LogP contribution in [0.1, 0.15) is 10.4 Å². The highest BCUT2D eigenvalue weighted by Crippen LogP contribution is 2.39. The number of carbonyl (C=O) groups is 1. The van der Waals surface area contributed by atoms with Gasteiger partial charge in [-0.05, 0) is 11.6 Å². The van der Waals surface area contributed by atoms with E-state index in [9.17, 15) is 4.79 Å². The van der Waals surface area contributed by atoms with Crippen LogP contribution in [0.15, 0.2) is 23.4 Å². The van der Waals surface area contributed by atoms with E-state index < -0.39 is 5.97 Å². The minimum absolute atomic E-state index is 0.0941. The Morgan fingerprint density at radius 3 is 2.90 bits per heavy atom. The van der Waals surface area contributed by atoms with Crippen molar-refractivity contribution in [2.75, 3.05) is 13.9 Å². The maximum Gasteiger partial charge on any atom is 0.339 e. The van der Waals surface area contributed by atoms with E-state index in [0.717, 1.165) is 0 Å². The third-order valence-corrected chi connectivity index (χ3v) is 2.88. The van der Waals surface area contributed by atoms with Gasteiger partial charge < -0.3 is 14.2 Å². The minimum Gasteiger partial charge on any atom is -0.465 e. The van der Waals surface area contributed by atoms with Crippen LogP contribution in [-0.4, -0.2) is 24.9 Å². The third-order valence-electron chi connectivity index (χ3n) is 2.88. The van der Waals surface area contributed by atoms with Crippen molar-refractivity contribution >= 4 is 22.6 Å². The summed E-state index contributed by atoms with van der Waals surface area (Å²) in [6.45, 7) is 0.117. The van der Waals surface area contributed by atoms with Crippen molar-refractivity contribution in [2.24, 2.45) is 5.11 Å². The Hall–Kier alpha value is -2.99. The molecule has 0 spiro atoms. The first-order chi connectivity index (χ1) is 9.74. The Labute approximate surface area is 112 Å². The average Bonchev–Trinajstić information content (AvgIpc) is 2.92. The van der Waals surface area contributed by atoms with Crippen LogP contribution in [-0.2, 0) is 4.74 Å². The molecule has 2 aromatic rings. The van der Waals surface area contributed by atoms with Crippen LogP contribution in [0.4, 0.5) is 5.69 Å². The summed E-state index contributed by atoms with van der Waals surface area (Å²) < 4.78 is 15.2. The second-order valence-electron chi connectivity index (χ2n) is 3.92. The summed E-state index contributed by atoms with van der Waals surface area (Å²) >= 11 is 0. The molecule has 0 atom stereocenters. The molecule has 20 heavy (non-hydrogen) atoms. The number of benzene rings is 1. The highest BCUT2D eigenvalue weighted by molar-refractivity contribution is 6.04. The van der Waals surface area contributed by atoms with Crippen LogP contribution >= 0.6 is 0 Å². The fourth-order valence-electron chi connectivity index (χ4n) is 1.98. The highest BCUT2D eigenvalue weighted by Gasteiger charge is 2.20. The van der Waals surface area contributed by atoms with Gasteiger partial charge in [-0.15, -0.1) is 0 Å². The molecule has 0 saturated heterocycles. The zero-order chi connectivity index (χ0) is 14.1. The predicted molar refractivity (Wildman–Crippen MR) is 68.0 cm³/mol. The lowest BCUT2D eigenvalue weighted by atomic mass is 10.1. The van der Waals surface area contributed by atoms with Crippen molar-refractivity contribution in [1.29, 1.82) is 0 Å². The standard InChI is InChI=1S/C12H8N4O4/c1-18-12(17)7-4-14-8-3-10-9(19-5-20-10)2-6(8)11(7)15-16-13/h2-4H,5H2,1H3. The number of hydrogen-bond acceptors (Lipinski definition) is 6. The molecule has 1 aliphatic rings. The number of azide groups is 1. The monoisotopic (exact) mass is 272 g/mol. The van der Waals surface area contributed by atoms with Crippen molar-refractivity contribution in [3.63, 3.8) is 0 Å². The van der Waals surface area contributed by atoms with E-state index in [4.69, 9.17) is 15.0 Å². The molecular weight excluding hydrogens is 264 g/mol. The van der Waals surface area contributed by atoms with Gasteiger partial charge in [0.25, 0.3) is 0 Å². The summed E-state index contributed by atoms with van der Waals surface area (Å²) in [4.78, 5) is 18.6. The first-order valence-corrected chi connectivity index (χ1v) is 5.60. The number of rotatable bonds is 2. The molecule has 0 bridgehead atoms. The quantitative estimate of drug-likeness (QED) is 0.361. The van der Waals surface area contributed by atoms with Gasteiger partial charge in [0.15, 0.2) is 11.5 Å². The van der Waals surface area contributed by atoms with Gasteiger partial charge in [-0.1, -0.05) is 5.11 Å². The Kier molecular flexibility index (Phi) is 2.77. The van der Waals surface area contributed by atoms with Gasteiger partial charge >= 0.3 is 5.97 Å². The topological polar surface area (TPSA) is 106 Å². The van der Waals surface area contributed by atoms with Crippen molar-refractivity contribution in [3.8, 4) is 11.5 Å². The normalized spacial score (nSPS) is 12.1. The van der Waals surface area contributed by atoms with E-state index in [2.05, 4.69) is 19.7 Å². The van der Waals surface area contributed by atoms with Gasteiger partial charge in [0.1, 0.15) is 0 Å². The second kappa shape index (κ2) is 4.60. The van der Waals surface area contributed by atoms with Crippen molar-refractivity contribution < 1.29 is 19.0 Å². The number of ether oxygens (including phenoxy) is 3. The smallest absolute Gasteiger partial charge is 0.339 e. The fraction of sp³-hybridized carbons (Fsp3) is 0.167. The predicted octanol–water partition coefficient (Wildman–Crippen LogP) is 2.69. The third kappa shape index (κ3) is 1.75. The number of carbonyl (C=O) groups excluding carboxylic acids is 1. The van der Waals surface area contributed by atoms with Crippen LogP contribution < -0.4 is 9.47 Å². The van der Waals surface area contributed by atoms with Gasteiger partial charge in [0.2, 0.25) is 6.79 Å². The summed E-state index contributed by atoms with van der Waals surface area (Å²) in [7, 11) is 1.24. The average molecular weight is 272 g/mol. The maximum atomic E-state index is 11.7. The molecule has 0 radical (unpaired) electrons. The first kappa shape index (κ1) is 12.1. The number of nitrogens with zero attached hydrogens (tertiary/aromatic N) is 4. The van der Waals surface area contributed by atoms with Gasteiger partial charge in [-0.3, -0.25) is 4.98 Å². The molecule has 100 valence electrons. The first-order valence-electron chi connectivity index (χ1n) is 5.60. The fourth-order valence-corrected chi connectivity index (χ4v) is 1.98. The lowest BCUT2D eigenvalue weighted by Crippen LogP contribution is -2.02. The van der Waals surface area contributed by atoms with E-state index in [1.54, 1.807) is 12.1 Å². The van der Waals surface area contributed by atoms with E-state index in [1.807, 2.05) is 0 Å². The summed E-state index contributed by atoms with van der Waals surface area (Å²) in [6.07, 6.45) is 1.31. The van der Waals surface area contributed by atoms with Crippen LogP contribution in [0.5, 0.6) is 11.5 Å². The molecule has 3 rings (SSSR count). The SMILES string of the molecule is COC(=O)c1cnc2cc3c(cc2c1N=[N+]=[N-])OCO3. The van der Waals surface area contributed by atoms with Crippen LogP contribution in [0.2, 0.25) is 0 Å². The molecule has 1 aromatic heterocycles. The lowest BCUT2D eigenvalue weighted by molar-refractivity contribution is 0.0601. The Balaban J connectivity index is 2.33. The zero-order valence-corrected chi connectivity index (χ0v) is 10.4. The maximum absolute atomic E-state index is 11.7. The van der Waals surface area contributed by atoms with E-state index in [-0.39, 0.29) is 18.0 Å². The molecule has 0 amide bonds. The molecule has 8 heteroatoms. The zero-order valence-electron chi connectivity index (χ0n) is 10.4. The number of aromatic nitrogens is 1. The van der Waals surface area contributed by atoms with Crippen molar-refractivity contribution in [2.45, 2.75) is 0 Å². The highest BCUT2D eigenvalue weighted by atomic mass is 16.7. The van der Waals surface area contributed by atoms with Gasteiger partial charge in [-0.2, -0.15) is 0 Å².